The van der Waals surface area contributed by atoms with Crippen LogP contribution in [-0.4, -0.2) is 15.0 Å². The Hall–Kier alpha value is -0.840. The lowest BCUT2D eigenvalue weighted by Gasteiger charge is -2.02. The van der Waals surface area contributed by atoms with Gasteiger partial charge < -0.3 is 5.73 Å². The van der Waals surface area contributed by atoms with Gasteiger partial charge in [-0.2, -0.15) is 0 Å². The molecule has 0 saturated heterocycles. The molecular weight excluding hydrogens is 246 g/mol. The number of hydrogen-bond acceptors (Lipinski definition) is 3. The van der Waals surface area contributed by atoms with E-state index < -0.39 is 9.84 Å². The molecular formula is C11H12ClNO2S. The fraction of sp³-hybridized carbons (Fsp3) is 0.273. The molecule has 1 aromatic rings. The van der Waals surface area contributed by atoms with E-state index in [4.69, 9.17) is 17.3 Å². The molecule has 1 aliphatic rings. The van der Waals surface area contributed by atoms with Crippen molar-refractivity contribution in [3.63, 3.8) is 0 Å². The Balaban J connectivity index is 2.44. The summed E-state index contributed by atoms with van der Waals surface area (Å²) in [7, 11) is -3.32. The highest BCUT2D eigenvalue weighted by Crippen LogP contribution is 2.36. The van der Waals surface area contributed by atoms with Gasteiger partial charge in [0.1, 0.15) is 0 Å². The molecule has 0 aliphatic carbocycles. The normalized spacial score (nSPS) is 17.0. The zero-order valence-corrected chi connectivity index (χ0v) is 10.2. The van der Waals surface area contributed by atoms with Gasteiger partial charge in [-0.15, -0.1) is 0 Å². The Bertz CT molecular complexity index is 549. The molecule has 5 heteroatoms. The van der Waals surface area contributed by atoms with E-state index in [1.165, 1.54) is 6.07 Å². The van der Waals surface area contributed by atoms with Crippen LogP contribution in [0, 0.1) is 0 Å². The number of nitrogens with two attached hydrogens (primary N) is 1. The summed E-state index contributed by atoms with van der Waals surface area (Å²) in [6, 6.07) is 4.92. The van der Waals surface area contributed by atoms with Crippen molar-refractivity contribution in [2.24, 2.45) is 5.73 Å². The molecule has 16 heavy (non-hydrogen) atoms. The van der Waals surface area contributed by atoms with Gasteiger partial charge in [-0.1, -0.05) is 17.7 Å². The van der Waals surface area contributed by atoms with Gasteiger partial charge in [0.05, 0.1) is 4.90 Å². The summed E-state index contributed by atoms with van der Waals surface area (Å²) in [4.78, 5) is 0.752. The molecule has 2 rings (SSSR count). The second-order valence-corrected chi connectivity index (χ2v) is 6.10. The first-order chi connectivity index (χ1) is 7.55. The second-order valence-electron chi connectivity index (χ2n) is 3.69. The molecule has 0 unspecified atom stereocenters. The number of sulfone groups is 1. The largest absolute Gasteiger partial charge is 0.330 e. The Kier molecular flexibility index (Phi) is 3.06. The van der Waals surface area contributed by atoms with Crippen molar-refractivity contribution in [3.8, 4) is 0 Å². The molecule has 0 spiro atoms. The van der Waals surface area contributed by atoms with E-state index in [2.05, 4.69) is 0 Å². The van der Waals surface area contributed by atoms with Crippen molar-refractivity contribution in [3.05, 3.63) is 33.7 Å². The number of fused-ring (bicyclic) bond motifs is 1. The van der Waals surface area contributed by atoms with Crippen molar-refractivity contribution in [2.75, 3.05) is 6.54 Å². The van der Waals surface area contributed by atoms with E-state index in [0.29, 0.717) is 34.2 Å². The first kappa shape index (κ1) is 11.6. The highest BCUT2D eigenvalue weighted by molar-refractivity contribution is 7.95. The van der Waals surface area contributed by atoms with Gasteiger partial charge in [-0.3, -0.25) is 0 Å². The zero-order chi connectivity index (χ0) is 11.8. The average Bonchev–Trinajstić information content (AvgIpc) is 2.48. The third-order valence-corrected chi connectivity index (χ3v) is 4.73. The van der Waals surface area contributed by atoms with E-state index in [9.17, 15) is 8.42 Å². The van der Waals surface area contributed by atoms with Gasteiger partial charge in [0.25, 0.3) is 0 Å². The van der Waals surface area contributed by atoms with Crippen LogP contribution >= 0.6 is 11.6 Å². The Labute approximate surface area is 99.8 Å². The molecule has 3 nitrogen and oxygen atoms in total. The maximum atomic E-state index is 12.1. The third-order valence-electron chi connectivity index (χ3n) is 2.55. The van der Waals surface area contributed by atoms with E-state index >= 15 is 0 Å². The summed E-state index contributed by atoms with van der Waals surface area (Å²) in [6.45, 7) is 0.490. The van der Waals surface area contributed by atoms with Crippen LogP contribution in [0.4, 0.5) is 0 Å². The minimum absolute atomic E-state index is 0.312. The molecule has 0 saturated carbocycles. The van der Waals surface area contributed by atoms with Gasteiger partial charge in [0.15, 0.2) is 0 Å². The maximum Gasteiger partial charge on any atom is 0.203 e. The predicted octanol–water partition coefficient (Wildman–Crippen LogP) is 2.21. The Morgan fingerprint density at radius 1 is 1.31 bits per heavy atom. The minimum atomic E-state index is -3.32. The summed E-state index contributed by atoms with van der Waals surface area (Å²) >= 11 is 5.80. The number of rotatable bonds is 3. The fourth-order valence-corrected chi connectivity index (χ4v) is 3.67. The Morgan fingerprint density at radius 3 is 2.75 bits per heavy atom. The van der Waals surface area contributed by atoms with E-state index in [1.807, 2.05) is 0 Å². The van der Waals surface area contributed by atoms with Crippen LogP contribution in [0.25, 0.3) is 6.08 Å². The fourth-order valence-electron chi connectivity index (χ4n) is 1.74. The van der Waals surface area contributed by atoms with Gasteiger partial charge in [0.2, 0.25) is 9.84 Å². The molecule has 1 aliphatic heterocycles. The summed E-state index contributed by atoms with van der Waals surface area (Å²) < 4.78 is 24.1. The van der Waals surface area contributed by atoms with Crippen LogP contribution in [0.3, 0.4) is 0 Å². The molecule has 1 aromatic carbocycles. The van der Waals surface area contributed by atoms with Crippen LogP contribution in [-0.2, 0) is 9.84 Å². The lowest BCUT2D eigenvalue weighted by Crippen LogP contribution is -2.04. The third kappa shape index (κ3) is 1.88. The van der Waals surface area contributed by atoms with Crippen LogP contribution in [0.5, 0.6) is 0 Å². The first-order valence-electron chi connectivity index (χ1n) is 5.01. The van der Waals surface area contributed by atoms with Crippen LogP contribution in [0.15, 0.2) is 28.0 Å². The molecule has 0 atom stereocenters. The summed E-state index contributed by atoms with van der Waals surface area (Å²) in [5, 5.41) is 0.441. The van der Waals surface area contributed by atoms with Crippen molar-refractivity contribution in [1.82, 2.24) is 0 Å². The van der Waals surface area contributed by atoms with Crippen molar-refractivity contribution in [1.29, 1.82) is 0 Å². The number of hydrogen-bond donors (Lipinski definition) is 1. The first-order valence-corrected chi connectivity index (χ1v) is 6.87. The molecule has 1 heterocycles. The van der Waals surface area contributed by atoms with Crippen molar-refractivity contribution in [2.45, 2.75) is 17.7 Å². The quantitative estimate of drug-likeness (QED) is 0.903. The van der Waals surface area contributed by atoms with E-state index in [1.54, 1.807) is 18.2 Å². The monoisotopic (exact) mass is 257 g/mol. The van der Waals surface area contributed by atoms with E-state index in [0.717, 1.165) is 5.56 Å². The van der Waals surface area contributed by atoms with Crippen LogP contribution < -0.4 is 5.73 Å². The van der Waals surface area contributed by atoms with Gasteiger partial charge in [0, 0.05) is 9.93 Å². The lowest BCUT2D eigenvalue weighted by atomic mass is 10.2. The summed E-state index contributed by atoms with van der Waals surface area (Å²) in [5.41, 5.74) is 6.10. The van der Waals surface area contributed by atoms with Crippen LogP contribution in [0.1, 0.15) is 18.4 Å². The topological polar surface area (TPSA) is 60.2 Å². The highest BCUT2D eigenvalue weighted by atomic mass is 35.5. The lowest BCUT2D eigenvalue weighted by molar-refractivity contribution is 0.601. The summed E-state index contributed by atoms with van der Waals surface area (Å²) in [6.07, 6.45) is 2.87. The van der Waals surface area contributed by atoms with Gasteiger partial charge in [-0.05, 0) is 43.2 Å². The van der Waals surface area contributed by atoms with E-state index in [-0.39, 0.29) is 0 Å². The van der Waals surface area contributed by atoms with Gasteiger partial charge >= 0.3 is 0 Å². The molecule has 0 radical (unpaired) electrons. The van der Waals surface area contributed by atoms with Crippen LogP contribution in [0.2, 0.25) is 5.02 Å². The molecule has 0 fully saturated rings. The smallest absolute Gasteiger partial charge is 0.203 e. The second kappa shape index (κ2) is 4.20. The number of benzene rings is 1. The average molecular weight is 258 g/mol. The number of halogens is 1. The standard InChI is InChI=1S/C11H12ClNO2S/c12-9-4-3-8-6-10(2-1-5-13)16(14,15)11(8)7-9/h3-4,6-7H,1-2,5,13H2. The summed E-state index contributed by atoms with van der Waals surface area (Å²) in [5.74, 6) is 0. The maximum absolute atomic E-state index is 12.1. The molecule has 0 amide bonds. The van der Waals surface area contributed by atoms with Crippen molar-refractivity contribution < 1.29 is 8.42 Å². The highest BCUT2D eigenvalue weighted by Gasteiger charge is 2.28. The predicted molar refractivity (Wildman–Crippen MR) is 64.9 cm³/mol. The molecule has 0 bridgehead atoms. The molecule has 86 valence electrons. The minimum Gasteiger partial charge on any atom is -0.330 e. The Morgan fingerprint density at radius 2 is 2.06 bits per heavy atom. The SMILES string of the molecule is NCCCC1=Cc2ccc(Cl)cc2S1(=O)=O. The molecule has 0 aromatic heterocycles. The molecule has 2 N–H and O–H groups in total. The van der Waals surface area contributed by atoms with Crippen molar-refractivity contribution >= 4 is 27.5 Å². The van der Waals surface area contributed by atoms with Gasteiger partial charge in [-0.25, -0.2) is 8.42 Å². The zero-order valence-electron chi connectivity index (χ0n) is 8.61. The number of allylic oxidation sites excluding steroid dienone is 1.